The predicted octanol–water partition coefficient (Wildman–Crippen LogP) is 4.02. The highest BCUT2D eigenvalue weighted by molar-refractivity contribution is 5.29. The summed E-state index contributed by atoms with van der Waals surface area (Å²) < 4.78 is 36.4. The Morgan fingerprint density at radius 1 is 1.00 bits per heavy atom. The molecule has 0 fully saturated rings. The Balaban J connectivity index is 4.60. The van der Waals surface area contributed by atoms with Crippen LogP contribution in [0.5, 0.6) is 0 Å². The molecule has 3 heteroatoms. The molecule has 0 N–H and O–H groups in total. The van der Waals surface area contributed by atoms with E-state index in [-0.39, 0.29) is 0 Å². The zero-order valence-corrected chi connectivity index (χ0v) is 7.94. The largest absolute Gasteiger partial charge is 0.416 e. The quantitative estimate of drug-likeness (QED) is 0.577. The number of alkyl halides is 3. The van der Waals surface area contributed by atoms with Crippen molar-refractivity contribution < 1.29 is 13.2 Å². The van der Waals surface area contributed by atoms with E-state index < -0.39 is 11.7 Å². The molecule has 0 radical (unpaired) electrons. The lowest BCUT2D eigenvalue weighted by atomic mass is 10.2. The molecule has 0 heterocycles. The van der Waals surface area contributed by atoms with Crippen molar-refractivity contribution in [3.63, 3.8) is 0 Å². The van der Waals surface area contributed by atoms with E-state index in [1.807, 2.05) is 0 Å². The predicted molar refractivity (Wildman–Crippen MR) is 48.4 cm³/mol. The smallest absolute Gasteiger partial charge is 0.166 e. The summed E-state index contributed by atoms with van der Waals surface area (Å²) in [5, 5.41) is 0. The average Bonchev–Trinajstić information content (AvgIpc) is 2.02. The summed E-state index contributed by atoms with van der Waals surface area (Å²) >= 11 is 0. The van der Waals surface area contributed by atoms with E-state index in [1.165, 1.54) is 13.0 Å². The minimum atomic E-state index is -4.25. The van der Waals surface area contributed by atoms with Crippen LogP contribution in [-0.2, 0) is 0 Å². The van der Waals surface area contributed by atoms with Crippen LogP contribution in [0.1, 0.15) is 20.8 Å². The molecule has 0 rings (SSSR count). The molecule has 0 nitrogen and oxygen atoms in total. The van der Waals surface area contributed by atoms with Crippen LogP contribution < -0.4 is 0 Å². The van der Waals surface area contributed by atoms with Gasteiger partial charge in [0.25, 0.3) is 0 Å². The minimum Gasteiger partial charge on any atom is -0.166 e. The topological polar surface area (TPSA) is 0 Å². The SMILES string of the molecule is C\C=C(C)/C=C\C(=C\C)C(F)(F)F. The van der Waals surface area contributed by atoms with Gasteiger partial charge in [0, 0.05) is 0 Å². The minimum absolute atomic E-state index is 0.617. The molecule has 0 saturated carbocycles. The summed E-state index contributed by atoms with van der Waals surface area (Å²) in [6.07, 6.45) is 1.08. The fourth-order valence-corrected chi connectivity index (χ4v) is 0.672. The van der Waals surface area contributed by atoms with Gasteiger partial charge in [0.1, 0.15) is 0 Å². The molecule has 0 spiro atoms. The molecule has 0 aliphatic rings. The maximum absolute atomic E-state index is 12.1. The van der Waals surface area contributed by atoms with Crippen molar-refractivity contribution in [3.8, 4) is 0 Å². The van der Waals surface area contributed by atoms with E-state index in [2.05, 4.69) is 0 Å². The van der Waals surface area contributed by atoms with E-state index in [1.54, 1.807) is 19.9 Å². The number of allylic oxidation sites excluding steroid dienone is 6. The van der Waals surface area contributed by atoms with Crippen molar-refractivity contribution >= 4 is 0 Å². The van der Waals surface area contributed by atoms with Gasteiger partial charge in [0.2, 0.25) is 0 Å². The van der Waals surface area contributed by atoms with Crippen molar-refractivity contribution in [2.75, 3.05) is 0 Å². The van der Waals surface area contributed by atoms with Crippen LogP contribution in [0.15, 0.2) is 35.5 Å². The van der Waals surface area contributed by atoms with Crippen molar-refractivity contribution in [1.29, 1.82) is 0 Å². The molecule has 0 aliphatic carbocycles. The number of hydrogen-bond acceptors (Lipinski definition) is 0. The van der Waals surface area contributed by atoms with Crippen LogP contribution in [0.25, 0.3) is 0 Å². The fourth-order valence-electron chi connectivity index (χ4n) is 0.672. The molecular formula is C10H13F3. The molecule has 74 valence electrons. The van der Waals surface area contributed by atoms with E-state index in [0.717, 1.165) is 17.7 Å². The molecule has 0 unspecified atom stereocenters. The molecule has 0 amide bonds. The summed E-state index contributed by atoms with van der Waals surface area (Å²) in [5.41, 5.74) is 0.192. The zero-order valence-electron chi connectivity index (χ0n) is 7.94. The van der Waals surface area contributed by atoms with E-state index in [9.17, 15) is 13.2 Å². The summed E-state index contributed by atoms with van der Waals surface area (Å²) in [6, 6.07) is 0. The highest BCUT2D eigenvalue weighted by atomic mass is 19.4. The third kappa shape index (κ3) is 4.55. The zero-order chi connectivity index (χ0) is 10.5. The van der Waals surface area contributed by atoms with Crippen molar-refractivity contribution in [1.82, 2.24) is 0 Å². The highest BCUT2D eigenvalue weighted by Crippen LogP contribution is 2.26. The lowest BCUT2D eigenvalue weighted by molar-refractivity contribution is -0.0883. The molecule has 0 aromatic carbocycles. The maximum Gasteiger partial charge on any atom is 0.416 e. The Morgan fingerprint density at radius 2 is 1.54 bits per heavy atom. The first kappa shape index (κ1) is 12.0. The third-order valence-electron chi connectivity index (χ3n) is 1.62. The Bertz CT molecular complexity index is 241. The van der Waals surface area contributed by atoms with Gasteiger partial charge in [-0.2, -0.15) is 13.2 Å². The van der Waals surface area contributed by atoms with E-state index in [0.29, 0.717) is 0 Å². The van der Waals surface area contributed by atoms with Gasteiger partial charge < -0.3 is 0 Å². The second-order valence-corrected chi connectivity index (χ2v) is 2.61. The third-order valence-corrected chi connectivity index (χ3v) is 1.62. The van der Waals surface area contributed by atoms with Crippen LogP contribution in [-0.4, -0.2) is 6.18 Å². The number of hydrogen-bond donors (Lipinski definition) is 0. The van der Waals surface area contributed by atoms with Gasteiger partial charge in [-0.15, -0.1) is 0 Å². The Morgan fingerprint density at radius 3 is 1.85 bits per heavy atom. The molecule has 0 aliphatic heterocycles. The number of rotatable bonds is 2. The Hall–Kier alpha value is -0.990. The molecule has 0 saturated heterocycles. The maximum atomic E-state index is 12.1. The van der Waals surface area contributed by atoms with Gasteiger partial charge >= 0.3 is 6.18 Å². The van der Waals surface area contributed by atoms with E-state index >= 15 is 0 Å². The Labute approximate surface area is 76.5 Å². The lowest BCUT2D eigenvalue weighted by Crippen LogP contribution is -2.09. The first-order valence-electron chi connectivity index (χ1n) is 3.96. The molecule has 13 heavy (non-hydrogen) atoms. The molecule has 0 bridgehead atoms. The fraction of sp³-hybridized carbons (Fsp3) is 0.400. The second-order valence-electron chi connectivity index (χ2n) is 2.61. The standard InChI is InChI=1S/C10H13F3/c1-4-8(3)6-7-9(5-2)10(11,12)13/h4-7H,1-3H3/b7-6-,8-4-,9-5-. The Kier molecular flexibility index (Phi) is 4.52. The first-order valence-corrected chi connectivity index (χ1v) is 3.96. The lowest BCUT2D eigenvalue weighted by Gasteiger charge is -2.05. The molecule has 0 aromatic heterocycles. The van der Waals surface area contributed by atoms with Crippen LogP contribution in [0.4, 0.5) is 13.2 Å². The van der Waals surface area contributed by atoms with Gasteiger partial charge in [-0.05, 0) is 20.8 Å². The van der Waals surface area contributed by atoms with Crippen LogP contribution in [0.3, 0.4) is 0 Å². The molecule has 0 atom stereocenters. The van der Waals surface area contributed by atoms with Crippen molar-refractivity contribution in [2.45, 2.75) is 26.9 Å². The van der Waals surface area contributed by atoms with Crippen LogP contribution in [0.2, 0.25) is 0 Å². The first-order chi connectivity index (χ1) is 5.91. The van der Waals surface area contributed by atoms with Crippen molar-refractivity contribution in [2.24, 2.45) is 0 Å². The van der Waals surface area contributed by atoms with Gasteiger partial charge in [0.15, 0.2) is 0 Å². The highest BCUT2D eigenvalue weighted by Gasteiger charge is 2.30. The summed E-state index contributed by atoms with van der Waals surface area (Å²) in [5.74, 6) is 0. The van der Waals surface area contributed by atoms with Gasteiger partial charge in [-0.1, -0.05) is 29.9 Å². The van der Waals surface area contributed by atoms with Gasteiger partial charge in [0.05, 0.1) is 5.57 Å². The molecule has 0 aromatic rings. The van der Waals surface area contributed by atoms with Crippen LogP contribution >= 0.6 is 0 Å². The van der Waals surface area contributed by atoms with Crippen molar-refractivity contribution in [3.05, 3.63) is 35.5 Å². The van der Waals surface area contributed by atoms with Gasteiger partial charge in [-0.3, -0.25) is 0 Å². The van der Waals surface area contributed by atoms with Crippen LogP contribution in [0, 0.1) is 0 Å². The average molecular weight is 190 g/mol. The molecular weight excluding hydrogens is 177 g/mol. The summed E-state index contributed by atoms with van der Waals surface area (Å²) in [7, 11) is 0. The number of halogens is 3. The second kappa shape index (κ2) is 4.90. The summed E-state index contributed by atoms with van der Waals surface area (Å²) in [6.45, 7) is 4.90. The van der Waals surface area contributed by atoms with Gasteiger partial charge in [-0.25, -0.2) is 0 Å². The van der Waals surface area contributed by atoms with E-state index in [4.69, 9.17) is 0 Å². The monoisotopic (exact) mass is 190 g/mol. The summed E-state index contributed by atoms with van der Waals surface area (Å²) in [4.78, 5) is 0. The normalized spacial score (nSPS) is 15.5.